The van der Waals surface area contributed by atoms with Gasteiger partial charge < -0.3 is 15.3 Å². The van der Waals surface area contributed by atoms with Gasteiger partial charge in [-0.1, -0.05) is 0 Å². The molecule has 0 heterocycles. The molecule has 0 unspecified atom stereocenters. The van der Waals surface area contributed by atoms with E-state index >= 15 is 0 Å². The Morgan fingerprint density at radius 3 is 2.14 bits per heavy atom. The summed E-state index contributed by atoms with van der Waals surface area (Å²) in [5.74, 6) is -5.85. The number of hydrogen-bond donors (Lipinski definition) is 2. The second kappa shape index (κ2) is 5.87. The molecule has 2 amide bonds. The van der Waals surface area contributed by atoms with E-state index in [1.807, 2.05) is 0 Å². The zero-order valence-electron chi connectivity index (χ0n) is 13.0. The Labute approximate surface area is 123 Å². The van der Waals surface area contributed by atoms with Crippen LogP contribution in [0.25, 0.3) is 0 Å². The van der Waals surface area contributed by atoms with Crippen LogP contribution in [0.15, 0.2) is 0 Å². The summed E-state index contributed by atoms with van der Waals surface area (Å²) in [6, 6.07) is 0. The molecule has 7 heteroatoms. The molecule has 0 atom stereocenters. The van der Waals surface area contributed by atoms with Crippen molar-refractivity contribution in [2.24, 2.45) is 0 Å². The van der Waals surface area contributed by atoms with Crippen molar-refractivity contribution < 1.29 is 23.5 Å². The van der Waals surface area contributed by atoms with Crippen LogP contribution < -0.4 is 5.32 Å². The largest absolute Gasteiger partial charge is 0.383 e. The molecule has 0 spiro atoms. The number of carbonyl (C=O) groups is 2. The van der Waals surface area contributed by atoms with Gasteiger partial charge in [-0.3, -0.25) is 9.59 Å². The van der Waals surface area contributed by atoms with Gasteiger partial charge in [0.25, 0.3) is 5.91 Å². The molecule has 1 saturated carbocycles. The minimum atomic E-state index is -3.86. The predicted molar refractivity (Wildman–Crippen MR) is 73.9 cm³/mol. The van der Waals surface area contributed by atoms with Crippen LogP contribution in [0, 0.1) is 0 Å². The minimum Gasteiger partial charge on any atom is -0.383 e. The smallest absolute Gasteiger partial charge is 0.352 e. The van der Waals surface area contributed by atoms with E-state index in [1.165, 1.54) is 6.92 Å². The van der Waals surface area contributed by atoms with Crippen LogP contribution in [0.1, 0.15) is 47.0 Å². The van der Waals surface area contributed by atoms with Crippen molar-refractivity contribution in [3.05, 3.63) is 0 Å². The first-order chi connectivity index (χ1) is 9.43. The molecule has 0 bridgehead atoms. The van der Waals surface area contributed by atoms with E-state index in [-0.39, 0.29) is 19.4 Å². The highest BCUT2D eigenvalue weighted by Crippen LogP contribution is 2.45. The maximum absolute atomic E-state index is 14.1. The maximum atomic E-state index is 14.1. The van der Waals surface area contributed by atoms with Crippen molar-refractivity contribution in [1.29, 1.82) is 0 Å². The van der Waals surface area contributed by atoms with Crippen LogP contribution in [-0.2, 0) is 9.59 Å². The molecule has 122 valence electrons. The molecule has 1 rings (SSSR count). The number of carbonyl (C=O) groups excluding carboxylic acids is 2. The average Bonchev–Trinajstić information content (AvgIpc) is 2.29. The summed E-state index contributed by atoms with van der Waals surface area (Å²) in [6.07, 6.45) is 0.269. The zero-order chi connectivity index (χ0) is 16.5. The molecule has 5 nitrogen and oxygen atoms in total. The lowest BCUT2D eigenvalue weighted by Gasteiger charge is -2.43. The van der Waals surface area contributed by atoms with Gasteiger partial charge in [-0.05, 0) is 47.0 Å². The van der Waals surface area contributed by atoms with E-state index in [0.29, 0.717) is 6.42 Å². The van der Waals surface area contributed by atoms with Gasteiger partial charge in [-0.25, -0.2) is 0 Å². The van der Waals surface area contributed by atoms with Crippen molar-refractivity contribution in [3.8, 4) is 0 Å². The molecule has 0 aromatic rings. The molecule has 0 aromatic heterocycles. The van der Waals surface area contributed by atoms with Gasteiger partial charge in [0.05, 0.1) is 6.54 Å². The topological polar surface area (TPSA) is 69.6 Å². The summed E-state index contributed by atoms with van der Waals surface area (Å²) in [5.41, 5.74) is -2.77. The SMILES string of the molecule is CCN(CC(=O)NC(C)(C)C)C(=O)C(F)(F)C1(O)CCC1. The van der Waals surface area contributed by atoms with E-state index in [9.17, 15) is 23.5 Å². The maximum Gasteiger partial charge on any atom is 0.352 e. The Bertz CT molecular complexity index is 415. The Morgan fingerprint density at radius 2 is 1.81 bits per heavy atom. The van der Waals surface area contributed by atoms with Gasteiger partial charge in [-0.15, -0.1) is 0 Å². The van der Waals surface area contributed by atoms with Gasteiger partial charge in [0, 0.05) is 12.1 Å². The van der Waals surface area contributed by atoms with E-state index in [1.54, 1.807) is 20.8 Å². The van der Waals surface area contributed by atoms with Gasteiger partial charge in [-0.2, -0.15) is 8.78 Å². The standard InChI is InChI=1S/C14H24F2N2O3/c1-5-18(9-10(19)17-12(2,3)4)11(20)14(15,16)13(21)7-6-8-13/h21H,5-9H2,1-4H3,(H,17,19). The molecule has 1 fully saturated rings. The molecule has 0 saturated heterocycles. The first kappa shape index (κ1) is 17.8. The van der Waals surface area contributed by atoms with Crippen LogP contribution in [0.4, 0.5) is 8.78 Å². The first-order valence-corrected chi connectivity index (χ1v) is 7.13. The third-order valence-electron chi connectivity index (χ3n) is 3.55. The van der Waals surface area contributed by atoms with Crippen molar-refractivity contribution in [2.45, 2.75) is 64.0 Å². The van der Waals surface area contributed by atoms with Gasteiger partial charge in [0.1, 0.15) is 5.60 Å². The normalized spacial score (nSPS) is 17.9. The summed E-state index contributed by atoms with van der Waals surface area (Å²) in [5, 5.41) is 12.4. The highest BCUT2D eigenvalue weighted by atomic mass is 19.3. The molecular weight excluding hydrogens is 282 g/mol. The molecule has 0 aliphatic heterocycles. The van der Waals surface area contributed by atoms with Crippen molar-refractivity contribution >= 4 is 11.8 Å². The van der Waals surface area contributed by atoms with Crippen molar-refractivity contribution in [3.63, 3.8) is 0 Å². The summed E-state index contributed by atoms with van der Waals surface area (Å²) in [7, 11) is 0. The second-order valence-corrected chi connectivity index (χ2v) is 6.58. The summed E-state index contributed by atoms with van der Waals surface area (Å²) in [6.45, 7) is 6.32. The van der Waals surface area contributed by atoms with E-state index < -0.39 is 35.4 Å². The number of likely N-dealkylation sites (N-methyl/N-ethyl adjacent to an activating group) is 1. The van der Waals surface area contributed by atoms with Crippen LogP contribution in [-0.4, -0.2) is 52.0 Å². The Balaban J connectivity index is 2.75. The molecule has 0 radical (unpaired) electrons. The fourth-order valence-electron chi connectivity index (χ4n) is 2.18. The van der Waals surface area contributed by atoms with Crippen LogP contribution in [0.2, 0.25) is 0 Å². The van der Waals surface area contributed by atoms with Crippen LogP contribution in [0.3, 0.4) is 0 Å². The Morgan fingerprint density at radius 1 is 1.29 bits per heavy atom. The molecule has 1 aliphatic carbocycles. The highest BCUT2D eigenvalue weighted by Gasteiger charge is 2.62. The number of nitrogens with one attached hydrogen (secondary N) is 1. The Hall–Kier alpha value is -1.24. The van der Waals surface area contributed by atoms with Crippen molar-refractivity contribution in [1.82, 2.24) is 10.2 Å². The molecule has 21 heavy (non-hydrogen) atoms. The summed E-state index contributed by atoms with van der Waals surface area (Å²) < 4.78 is 28.2. The lowest BCUT2D eigenvalue weighted by molar-refractivity contribution is -0.223. The first-order valence-electron chi connectivity index (χ1n) is 7.13. The average molecular weight is 306 g/mol. The van der Waals surface area contributed by atoms with Crippen molar-refractivity contribution in [2.75, 3.05) is 13.1 Å². The molecule has 1 aliphatic rings. The number of nitrogens with zero attached hydrogens (tertiary/aromatic N) is 1. The highest BCUT2D eigenvalue weighted by molar-refractivity contribution is 5.89. The van der Waals surface area contributed by atoms with E-state index in [0.717, 1.165) is 4.90 Å². The monoisotopic (exact) mass is 306 g/mol. The van der Waals surface area contributed by atoms with E-state index in [4.69, 9.17) is 0 Å². The van der Waals surface area contributed by atoms with Gasteiger partial charge in [0.15, 0.2) is 0 Å². The lowest BCUT2D eigenvalue weighted by Crippen LogP contribution is -2.62. The zero-order valence-corrected chi connectivity index (χ0v) is 13.0. The molecule has 0 aromatic carbocycles. The quantitative estimate of drug-likeness (QED) is 0.804. The number of hydrogen-bond acceptors (Lipinski definition) is 3. The molecule has 2 N–H and O–H groups in total. The van der Waals surface area contributed by atoms with Gasteiger partial charge >= 0.3 is 5.92 Å². The number of amides is 2. The predicted octanol–water partition coefficient (Wildman–Crippen LogP) is 1.30. The third-order valence-corrected chi connectivity index (χ3v) is 3.55. The number of alkyl halides is 2. The molecular formula is C14H24F2N2O3. The van der Waals surface area contributed by atoms with E-state index in [2.05, 4.69) is 5.32 Å². The summed E-state index contributed by atoms with van der Waals surface area (Å²) in [4.78, 5) is 24.5. The second-order valence-electron chi connectivity index (χ2n) is 6.58. The van der Waals surface area contributed by atoms with Crippen LogP contribution >= 0.6 is 0 Å². The number of aliphatic hydroxyl groups is 1. The fraction of sp³-hybridized carbons (Fsp3) is 0.857. The lowest BCUT2D eigenvalue weighted by atomic mass is 9.75. The summed E-state index contributed by atoms with van der Waals surface area (Å²) >= 11 is 0. The number of rotatable bonds is 5. The van der Waals surface area contributed by atoms with Gasteiger partial charge in [0.2, 0.25) is 5.91 Å². The minimum absolute atomic E-state index is 0.0257. The number of halogens is 2. The fourth-order valence-corrected chi connectivity index (χ4v) is 2.18. The third kappa shape index (κ3) is 3.90. The Kier molecular flexibility index (Phi) is 4.98. The van der Waals surface area contributed by atoms with Crippen LogP contribution in [0.5, 0.6) is 0 Å².